The van der Waals surface area contributed by atoms with Crippen molar-refractivity contribution in [1.29, 1.82) is 0 Å². The zero-order chi connectivity index (χ0) is 25.4. The SMILES string of the molecule is COc1nn([C@H](C)C(=O)N[C@H]2C(=O)N3C(C(=O)O)=C(CSc4nnnn4C)CS[C@@H]23)cc1[N+](=O)[O-]. The molecule has 1 saturated heterocycles. The van der Waals surface area contributed by atoms with E-state index in [9.17, 15) is 29.6 Å². The minimum atomic E-state index is -1.25. The van der Waals surface area contributed by atoms with E-state index in [1.807, 2.05) is 0 Å². The lowest BCUT2D eigenvalue weighted by molar-refractivity contribution is -0.385. The average molecular weight is 526 g/mol. The Morgan fingerprint density at radius 2 is 2.23 bits per heavy atom. The Labute approximate surface area is 205 Å². The Morgan fingerprint density at radius 3 is 2.80 bits per heavy atom. The van der Waals surface area contributed by atoms with Crippen molar-refractivity contribution in [1.82, 2.24) is 40.2 Å². The fourth-order valence-electron chi connectivity index (χ4n) is 3.52. The highest BCUT2D eigenvalue weighted by atomic mass is 32.2. The molecule has 0 radical (unpaired) electrons. The van der Waals surface area contributed by atoms with Crippen LogP contribution in [0.2, 0.25) is 0 Å². The first-order valence-electron chi connectivity index (χ1n) is 9.97. The van der Waals surface area contributed by atoms with E-state index in [1.165, 1.54) is 47.1 Å². The zero-order valence-corrected chi connectivity index (χ0v) is 20.1. The van der Waals surface area contributed by atoms with Crippen LogP contribution in [0.1, 0.15) is 13.0 Å². The molecule has 0 bridgehead atoms. The van der Waals surface area contributed by atoms with Crippen LogP contribution in [0.3, 0.4) is 0 Å². The molecule has 2 aliphatic rings. The summed E-state index contributed by atoms with van der Waals surface area (Å²) in [7, 11) is 2.88. The summed E-state index contributed by atoms with van der Waals surface area (Å²) >= 11 is 2.57. The van der Waals surface area contributed by atoms with Crippen LogP contribution in [0.5, 0.6) is 5.88 Å². The minimum Gasteiger partial charge on any atom is -0.477 e. The predicted molar refractivity (Wildman–Crippen MR) is 119 cm³/mol. The van der Waals surface area contributed by atoms with E-state index in [2.05, 4.69) is 25.9 Å². The van der Waals surface area contributed by atoms with Gasteiger partial charge < -0.3 is 15.2 Å². The van der Waals surface area contributed by atoms with Gasteiger partial charge in [0.05, 0.1) is 12.0 Å². The topological polar surface area (TPSA) is 200 Å². The molecule has 2 aliphatic heterocycles. The van der Waals surface area contributed by atoms with Crippen LogP contribution in [0.25, 0.3) is 0 Å². The number of nitro groups is 1. The molecule has 0 unspecified atom stereocenters. The number of carboxylic acid groups (broad SMARTS) is 1. The number of nitrogens with one attached hydrogen (secondary N) is 1. The molecule has 2 aromatic rings. The lowest BCUT2D eigenvalue weighted by Crippen LogP contribution is -2.71. The molecule has 2 amide bonds. The fraction of sp³-hybridized carbons (Fsp3) is 0.471. The van der Waals surface area contributed by atoms with E-state index in [1.54, 1.807) is 7.05 Å². The summed E-state index contributed by atoms with van der Waals surface area (Å²) < 4.78 is 7.39. The third-order valence-corrected chi connectivity index (χ3v) is 7.79. The van der Waals surface area contributed by atoms with Crippen LogP contribution in [0.4, 0.5) is 5.69 Å². The summed E-state index contributed by atoms with van der Waals surface area (Å²) in [5.74, 6) is -2.06. The van der Waals surface area contributed by atoms with Gasteiger partial charge in [0.2, 0.25) is 11.1 Å². The van der Waals surface area contributed by atoms with Crippen LogP contribution in [0.15, 0.2) is 22.6 Å². The number of aryl methyl sites for hydroxylation is 1. The van der Waals surface area contributed by atoms with Gasteiger partial charge in [0.1, 0.15) is 29.4 Å². The van der Waals surface area contributed by atoms with E-state index >= 15 is 0 Å². The standard InChI is InChI=1S/C17H19N9O7S2/c1-7(24-4-9(26(31)32)13(20-24)33-3)12(27)18-10-14(28)25-11(16(29)30)8(5-34-15(10)25)6-35-17-19-21-22-23(17)2/h4,7,10,15H,5-6H2,1-3H3,(H,18,27)(H,29,30)/t7-,10+,15+/m1/s1. The maximum absolute atomic E-state index is 12.9. The Kier molecular flexibility index (Phi) is 6.66. The largest absolute Gasteiger partial charge is 0.477 e. The first-order valence-corrected chi connectivity index (χ1v) is 12.0. The van der Waals surface area contributed by atoms with E-state index < -0.39 is 45.9 Å². The molecule has 186 valence electrons. The van der Waals surface area contributed by atoms with Gasteiger partial charge in [0.15, 0.2) is 0 Å². The first kappa shape index (κ1) is 24.5. The number of methoxy groups -OCH3 is 1. The van der Waals surface area contributed by atoms with E-state index in [4.69, 9.17) is 4.74 Å². The van der Waals surface area contributed by atoms with Crippen LogP contribution in [0, 0.1) is 10.1 Å². The molecule has 0 saturated carbocycles. The molecule has 35 heavy (non-hydrogen) atoms. The van der Waals surface area contributed by atoms with Crippen LogP contribution in [-0.4, -0.2) is 92.7 Å². The molecule has 3 atom stereocenters. The van der Waals surface area contributed by atoms with Crippen LogP contribution in [-0.2, 0) is 21.4 Å². The second kappa shape index (κ2) is 9.53. The van der Waals surface area contributed by atoms with Crippen molar-refractivity contribution in [3.05, 3.63) is 27.6 Å². The number of hydrogen-bond acceptors (Lipinski definition) is 12. The summed E-state index contributed by atoms with van der Waals surface area (Å²) in [6.07, 6.45) is 1.06. The second-order valence-electron chi connectivity index (χ2n) is 7.46. The van der Waals surface area contributed by atoms with Gasteiger partial charge in [-0.05, 0) is 22.9 Å². The molecule has 0 aliphatic carbocycles. The highest BCUT2D eigenvalue weighted by molar-refractivity contribution is 8.01. The normalized spacial score (nSPS) is 20.2. The number of β-lactam (4-membered cyclic amide) rings is 1. The summed E-state index contributed by atoms with van der Waals surface area (Å²) in [5.41, 5.74) is 0.0150. The van der Waals surface area contributed by atoms with Crippen molar-refractivity contribution in [3.63, 3.8) is 0 Å². The number of nitrogens with zero attached hydrogens (tertiary/aromatic N) is 8. The molecular formula is C17H19N9O7S2. The first-order chi connectivity index (χ1) is 16.6. The fourth-order valence-corrected chi connectivity index (χ4v) is 5.85. The third kappa shape index (κ3) is 4.41. The molecule has 16 nitrogen and oxygen atoms in total. The van der Waals surface area contributed by atoms with E-state index in [0.717, 1.165) is 10.9 Å². The number of aliphatic carboxylic acids is 1. The van der Waals surface area contributed by atoms with Crippen molar-refractivity contribution in [2.75, 3.05) is 18.6 Å². The van der Waals surface area contributed by atoms with Crippen LogP contribution < -0.4 is 10.1 Å². The predicted octanol–water partition coefficient (Wildman–Crippen LogP) is -0.585. The van der Waals surface area contributed by atoms with Gasteiger partial charge in [-0.25, -0.2) is 14.2 Å². The van der Waals surface area contributed by atoms with Crippen molar-refractivity contribution < 1.29 is 29.2 Å². The Morgan fingerprint density at radius 1 is 1.49 bits per heavy atom. The number of thioether (sulfide) groups is 2. The molecule has 2 N–H and O–H groups in total. The lowest BCUT2D eigenvalue weighted by atomic mass is 10.0. The van der Waals surface area contributed by atoms with Crippen molar-refractivity contribution in [3.8, 4) is 5.88 Å². The van der Waals surface area contributed by atoms with Gasteiger partial charge in [-0.2, -0.15) is 0 Å². The maximum atomic E-state index is 12.9. The number of tetrazole rings is 1. The summed E-state index contributed by atoms with van der Waals surface area (Å²) in [4.78, 5) is 49.2. The number of ether oxygens (including phenoxy) is 1. The minimum absolute atomic E-state index is 0.118. The number of carbonyl (C=O) groups excluding carboxylic acids is 2. The van der Waals surface area contributed by atoms with Crippen molar-refractivity contribution >= 4 is 47.0 Å². The molecule has 0 spiro atoms. The number of amides is 2. The molecule has 1 fully saturated rings. The smallest absolute Gasteiger partial charge is 0.352 e. The molecule has 0 aromatic carbocycles. The quantitative estimate of drug-likeness (QED) is 0.182. The zero-order valence-electron chi connectivity index (χ0n) is 18.5. The van der Waals surface area contributed by atoms with Gasteiger partial charge in [-0.3, -0.25) is 24.6 Å². The Bertz CT molecular complexity index is 1240. The van der Waals surface area contributed by atoms with Gasteiger partial charge in [-0.1, -0.05) is 11.8 Å². The number of carboxylic acids is 1. The second-order valence-corrected chi connectivity index (χ2v) is 9.51. The summed E-state index contributed by atoms with van der Waals surface area (Å²) in [6.45, 7) is 1.46. The van der Waals surface area contributed by atoms with E-state index in [-0.39, 0.29) is 17.3 Å². The molecule has 2 aromatic heterocycles. The van der Waals surface area contributed by atoms with Gasteiger partial charge in [0, 0.05) is 18.6 Å². The molecular weight excluding hydrogens is 506 g/mol. The highest BCUT2D eigenvalue weighted by Crippen LogP contribution is 2.41. The number of hydrogen-bond donors (Lipinski definition) is 2. The van der Waals surface area contributed by atoms with E-state index in [0.29, 0.717) is 16.5 Å². The monoisotopic (exact) mass is 525 g/mol. The molecule has 4 rings (SSSR count). The van der Waals surface area contributed by atoms with Crippen molar-refractivity contribution in [2.24, 2.45) is 7.05 Å². The lowest BCUT2D eigenvalue weighted by Gasteiger charge is -2.49. The van der Waals surface area contributed by atoms with Gasteiger partial charge in [0.25, 0.3) is 5.91 Å². The average Bonchev–Trinajstić information content (AvgIpc) is 3.45. The maximum Gasteiger partial charge on any atom is 0.352 e. The highest BCUT2D eigenvalue weighted by Gasteiger charge is 2.54. The number of rotatable bonds is 9. The summed E-state index contributed by atoms with van der Waals surface area (Å²) in [5, 5.41) is 38.4. The van der Waals surface area contributed by atoms with Crippen LogP contribution >= 0.6 is 23.5 Å². The van der Waals surface area contributed by atoms with Gasteiger partial charge >= 0.3 is 17.5 Å². The molecule has 4 heterocycles. The number of carbonyl (C=O) groups is 3. The number of fused-ring (bicyclic) bond motifs is 1. The molecule has 18 heteroatoms. The van der Waals surface area contributed by atoms with Crippen molar-refractivity contribution in [2.45, 2.75) is 29.5 Å². The third-order valence-electron chi connectivity index (χ3n) is 5.35. The Balaban J connectivity index is 1.46. The van der Waals surface area contributed by atoms with Gasteiger partial charge in [-0.15, -0.1) is 22.0 Å². The number of aromatic nitrogens is 6. The Hall–Kier alpha value is -3.67. The summed E-state index contributed by atoms with van der Waals surface area (Å²) in [6, 6.07) is -1.94.